The van der Waals surface area contributed by atoms with Crippen molar-refractivity contribution in [1.29, 1.82) is 0 Å². The molecular weight excluding hydrogens is 226 g/mol. The number of amides is 1. The first-order valence-electron chi connectivity index (χ1n) is 7.43. The van der Waals surface area contributed by atoms with E-state index in [1.165, 1.54) is 32.4 Å². The Hall–Kier alpha value is -0.610. The summed E-state index contributed by atoms with van der Waals surface area (Å²) in [7, 11) is 0. The second-order valence-electron chi connectivity index (χ2n) is 5.97. The zero-order chi connectivity index (χ0) is 13.0. The van der Waals surface area contributed by atoms with Crippen LogP contribution in [0.2, 0.25) is 0 Å². The average molecular weight is 253 g/mol. The molecule has 3 unspecified atom stereocenters. The van der Waals surface area contributed by atoms with Crippen LogP contribution >= 0.6 is 0 Å². The second-order valence-corrected chi connectivity index (χ2v) is 5.97. The Kier molecular flexibility index (Phi) is 5.01. The molecule has 0 spiro atoms. The van der Waals surface area contributed by atoms with Crippen LogP contribution < -0.4 is 10.6 Å². The molecule has 3 atom stereocenters. The van der Waals surface area contributed by atoms with E-state index in [1.807, 2.05) is 0 Å². The van der Waals surface area contributed by atoms with Crippen molar-refractivity contribution in [2.45, 2.75) is 51.6 Å². The number of carbonyl (C=O) groups excluding carboxylic acids is 1. The van der Waals surface area contributed by atoms with Crippen molar-refractivity contribution >= 4 is 5.91 Å². The Labute approximate surface area is 110 Å². The van der Waals surface area contributed by atoms with Crippen molar-refractivity contribution in [1.82, 2.24) is 15.5 Å². The van der Waals surface area contributed by atoms with Gasteiger partial charge in [-0.2, -0.15) is 0 Å². The second kappa shape index (κ2) is 6.53. The van der Waals surface area contributed by atoms with E-state index in [1.54, 1.807) is 0 Å². The van der Waals surface area contributed by atoms with Gasteiger partial charge in [0, 0.05) is 12.6 Å². The monoisotopic (exact) mass is 253 g/mol. The maximum Gasteiger partial charge on any atom is 0.237 e. The molecule has 104 valence electrons. The van der Waals surface area contributed by atoms with Gasteiger partial charge in [0.2, 0.25) is 5.91 Å². The van der Waals surface area contributed by atoms with Crippen molar-refractivity contribution in [3.05, 3.63) is 0 Å². The number of rotatable bonds is 4. The normalized spacial score (nSPS) is 31.2. The molecule has 1 amide bonds. The van der Waals surface area contributed by atoms with Crippen LogP contribution in [0.15, 0.2) is 0 Å². The summed E-state index contributed by atoms with van der Waals surface area (Å²) in [6.45, 7) is 8.62. The predicted octanol–water partition coefficient (Wildman–Crippen LogP) is 0.975. The summed E-state index contributed by atoms with van der Waals surface area (Å²) in [5.41, 5.74) is 0. The van der Waals surface area contributed by atoms with Crippen LogP contribution in [0.25, 0.3) is 0 Å². The van der Waals surface area contributed by atoms with Gasteiger partial charge < -0.3 is 15.5 Å². The summed E-state index contributed by atoms with van der Waals surface area (Å²) in [6.07, 6.45) is 5.09. The van der Waals surface area contributed by atoms with E-state index < -0.39 is 0 Å². The molecule has 0 saturated carbocycles. The van der Waals surface area contributed by atoms with Crippen molar-refractivity contribution in [2.24, 2.45) is 5.92 Å². The molecule has 2 aliphatic heterocycles. The molecule has 2 heterocycles. The first-order chi connectivity index (χ1) is 8.66. The van der Waals surface area contributed by atoms with Gasteiger partial charge in [-0.15, -0.1) is 0 Å². The topological polar surface area (TPSA) is 44.4 Å². The average Bonchev–Trinajstić information content (AvgIpc) is 2.76. The Morgan fingerprint density at radius 3 is 2.72 bits per heavy atom. The first-order valence-corrected chi connectivity index (χ1v) is 7.43. The molecule has 2 saturated heterocycles. The number of nitrogens with one attached hydrogen (secondary N) is 2. The van der Waals surface area contributed by atoms with Gasteiger partial charge in [0.15, 0.2) is 0 Å². The smallest absolute Gasteiger partial charge is 0.237 e. The molecule has 2 N–H and O–H groups in total. The quantitative estimate of drug-likeness (QED) is 0.785. The largest absolute Gasteiger partial charge is 0.351 e. The molecule has 4 heteroatoms. The first kappa shape index (κ1) is 13.8. The fourth-order valence-corrected chi connectivity index (χ4v) is 3.09. The number of hydrogen-bond donors (Lipinski definition) is 2. The number of hydrogen-bond acceptors (Lipinski definition) is 3. The number of likely N-dealkylation sites (tertiary alicyclic amines) is 1. The summed E-state index contributed by atoms with van der Waals surface area (Å²) >= 11 is 0. The summed E-state index contributed by atoms with van der Waals surface area (Å²) < 4.78 is 0. The minimum Gasteiger partial charge on any atom is -0.351 e. The van der Waals surface area contributed by atoms with E-state index in [4.69, 9.17) is 0 Å². The van der Waals surface area contributed by atoms with Crippen LogP contribution in [-0.4, -0.2) is 49.1 Å². The maximum absolute atomic E-state index is 12.1. The summed E-state index contributed by atoms with van der Waals surface area (Å²) in [6, 6.07) is 0.277. The van der Waals surface area contributed by atoms with Crippen molar-refractivity contribution in [2.75, 3.05) is 26.2 Å². The van der Waals surface area contributed by atoms with E-state index in [2.05, 4.69) is 29.4 Å². The highest BCUT2D eigenvalue weighted by Gasteiger charge is 2.29. The van der Waals surface area contributed by atoms with Crippen LogP contribution in [-0.2, 0) is 4.79 Å². The van der Waals surface area contributed by atoms with Gasteiger partial charge in [-0.05, 0) is 51.7 Å². The van der Waals surface area contributed by atoms with Crippen LogP contribution in [0.1, 0.15) is 39.5 Å². The molecule has 0 aromatic rings. The number of carbonyl (C=O) groups is 1. The van der Waals surface area contributed by atoms with Gasteiger partial charge in [-0.1, -0.05) is 13.3 Å². The summed E-state index contributed by atoms with van der Waals surface area (Å²) in [5, 5.41) is 6.45. The highest BCUT2D eigenvalue weighted by Crippen LogP contribution is 2.14. The van der Waals surface area contributed by atoms with Gasteiger partial charge in [0.25, 0.3) is 0 Å². The maximum atomic E-state index is 12.1. The Bertz CT molecular complexity index is 276. The highest BCUT2D eigenvalue weighted by atomic mass is 16.2. The molecule has 0 radical (unpaired) electrons. The molecule has 2 rings (SSSR count). The zero-order valence-corrected chi connectivity index (χ0v) is 11.7. The minimum atomic E-state index is 0.0220. The van der Waals surface area contributed by atoms with E-state index in [0.717, 1.165) is 19.5 Å². The molecule has 0 aliphatic carbocycles. The van der Waals surface area contributed by atoms with E-state index in [0.29, 0.717) is 5.92 Å². The molecule has 18 heavy (non-hydrogen) atoms. The van der Waals surface area contributed by atoms with Crippen LogP contribution in [0.3, 0.4) is 0 Å². The van der Waals surface area contributed by atoms with E-state index >= 15 is 0 Å². The third-order valence-electron chi connectivity index (χ3n) is 4.18. The van der Waals surface area contributed by atoms with Crippen LogP contribution in [0.5, 0.6) is 0 Å². The van der Waals surface area contributed by atoms with E-state index in [9.17, 15) is 4.79 Å². The zero-order valence-electron chi connectivity index (χ0n) is 11.7. The Balaban J connectivity index is 1.72. The van der Waals surface area contributed by atoms with Crippen LogP contribution in [0.4, 0.5) is 0 Å². The SMILES string of the molecule is CC(CN1CCCCC1)NC(=O)C1NCCC1C. The van der Waals surface area contributed by atoms with Gasteiger partial charge in [-0.25, -0.2) is 0 Å². The van der Waals surface area contributed by atoms with Crippen LogP contribution in [0, 0.1) is 5.92 Å². The standard InChI is InChI=1S/C14H27N3O/c1-11-6-7-15-13(11)14(18)16-12(2)10-17-8-4-3-5-9-17/h11-13,15H,3-10H2,1-2H3,(H,16,18). The van der Waals surface area contributed by atoms with Crippen molar-refractivity contribution < 1.29 is 4.79 Å². The molecule has 2 fully saturated rings. The summed E-state index contributed by atoms with van der Waals surface area (Å²) in [5.74, 6) is 0.650. The highest BCUT2D eigenvalue weighted by molar-refractivity contribution is 5.82. The lowest BCUT2D eigenvalue weighted by molar-refractivity contribution is -0.124. The molecule has 0 aromatic carbocycles. The fourth-order valence-electron chi connectivity index (χ4n) is 3.09. The van der Waals surface area contributed by atoms with Crippen molar-refractivity contribution in [3.63, 3.8) is 0 Å². The lowest BCUT2D eigenvalue weighted by Crippen LogP contribution is -2.50. The molecule has 0 aromatic heterocycles. The third-order valence-corrected chi connectivity index (χ3v) is 4.18. The van der Waals surface area contributed by atoms with Gasteiger partial charge in [-0.3, -0.25) is 4.79 Å². The Morgan fingerprint density at radius 1 is 1.39 bits per heavy atom. The predicted molar refractivity (Wildman–Crippen MR) is 73.5 cm³/mol. The molecule has 0 bridgehead atoms. The summed E-state index contributed by atoms with van der Waals surface area (Å²) in [4.78, 5) is 14.6. The van der Waals surface area contributed by atoms with Gasteiger partial charge >= 0.3 is 0 Å². The minimum absolute atomic E-state index is 0.0220. The molecule has 2 aliphatic rings. The van der Waals surface area contributed by atoms with Crippen molar-refractivity contribution in [3.8, 4) is 0 Å². The third kappa shape index (κ3) is 3.69. The van der Waals surface area contributed by atoms with E-state index in [-0.39, 0.29) is 18.0 Å². The number of piperidine rings is 1. The molecule has 4 nitrogen and oxygen atoms in total. The number of nitrogens with zero attached hydrogens (tertiary/aromatic N) is 1. The lowest BCUT2D eigenvalue weighted by Gasteiger charge is -2.30. The van der Waals surface area contributed by atoms with Gasteiger partial charge in [0.05, 0.1) is 6.04 Å². The fraction of sp³-hybridized carbons (Fsp3) is 0.929. The lowest BCUT2D eigenvalue weighted by atomic mass is 10.0. The molecular formula is C14H27N3O. The van der Waals surface area contributed by atoms with Gasteiger partial charge in [0.1, 0.15) is 0 Å². The Morgan fingerprint density at radius 2 is 2.11 bits per heavy atom.